The summed E-state index contributed by atoms with van der Waals surface area (Å²) in [6.45, 7) is 0. The van der Waals surface area contributed by atoms with E-state index in [1.165, 1.54) is 24.3 Å². The molecule has 4 nitrogen and oxygen atoms in total. The largest absolute Gasteiger partial charge is 0.508 e. The fourth-order valence-corrected chi connectivity index (χ4v) is 2.12. The number of fused-ring (bicyclic) bond motifs is 1. The van der Waals surface area contributed by atoms with Crippen LogP contribution in [0.5, 0.6) is 5.75 Å². The molecule has 3 aromatic rings. The first kappa shape index (κ1) is 12.9. The predicted molar refractivity (Wildman–Crippen MR) is 74.3 cm³/mol. The molecule has 3 rings (SSSR count). The highest BCUT2D eigenvalue weighted by molar-refractivity contribution is 5.85. The van der Waals surface area contributed by atoms with Crippen molar-refractivity contribution < 1.29 is 13.9 Å². The van der Waals surface area contributed by atoms with Gasteiger partial charge in [0, 0.05) is 5.39 Å². The molecule has 1 N–H and O–H groups in total. The average Bonchev–Trinajstić information content (AvgIpc) is 2.47. The highest BCUT2D eigenvalue weighted by Crippen LogP contribution is 2.25. The second-order valence-electron chi connectivity index (χ2n) is 4.48. The number of phenols is 1. The van der Waals surface area contributed by atoms with Gasteiger partial charge in [-0.05, 0) is 35.9 Å². The van der Waals surface area contributed by atoms with Crippen LogP contribution in [0.15, 0.2) is 51.7 Å². The van der Waals surface area contributed by atoms with Gasteiger partial charge < -0.3 is 9.52 Å². The number of aromatic hydroxyl groups is 1. The van der Waals surface area contributed by atoms with E-state index in [-0.39, 0.29) is 22.5 Å². The number of nitrogens with zero attached hydrogens (tertiary/aromatic N) is 1. The average molecular weight is 281 g/mol. The molecule has 0 saturated heterocycles. The van der Waals surface area contributed by atoms with Crippen molar-refractivity contribution in [2.45, 2.75) is 0 Å². The van der Waals surface area contributed by atoms with Crippen LogP contribution in [0, 0.1) is 17.1 Å². The summed E-state index contributed by atoms with van der Waals surface area (Å²) in [4.78, 5) is 12.0. The molecule has 0 atom stereocenters. The van der Waals surface area contributed by atoms with E-state index in [1.807, 2.05) is 0 Å². The number of rotatable bonds is 1. The summed E-state index contributed by atoms with van der Waals surface area (Å²) < 4.78 is 18.6. The Morgan fingerprint density at radius 2 is 1.86 bits per heavy atom. The Hall–Kier alpha value is -3.13. The summed E-state index contributed by atoms with van der Waals surface area (Å²) >= 11 is 0. The summed E-state index contributed by atoms with van der Waals surface area (Å²) in [5.41, 5.74) is 0.172. The molecule has 0 aliphatic rings. The molecule has 102 valence electrons. The molecule has 0 unspecified atom stereocenters. The number of benzene rings is 2. The van der Waals surface area contributed by atoms with Gasteiger partial charge in [-0.15, -0.1) is 0 Å². The van der Waals surface area contributed by atoms with Crippen LogP contribution in [0.1, 0.15) is 5.56 Å². The second-order valence-corrected chi connectivity index (χ2v) is 4.48. The summed E-state index contributed by atoms with van der Waals surface area (Å²) in [6.07, 6.45) is 0. The van der Waals surface area contributed by atoms with Gasteiger partial charge >= 0.3 is 5.63 Å². The summed E-state index contributed by atoms with van der Waals surface area (Å²) in [5, 5.41) is 18.6. The van der Waals surface area contributed by atoms with E-state index >= 15 is 0 Å². The van der Waals surface area contributed by atoms with E-state index in [1.54, 1.807) is 18.2 Å². The van der Waals surface area contributed by atoms with Crippen LogP contribution < -0.4 is 5.63 Å². The molecule has 0 saturated carbocycles. The number of nitriles is 1. The molecule has 21 heavy (non-hydrogen) atoms. The van der Waals surface area contributed by atoms with Gasteiger partial charge in [-0.1, -0.05) is 12.1 Å². The van der Waals surface area contributed by atoms with E-state index in [0.29, 0.717) is 10.9 Å². The number of halogens is 1. The topological polar surface area (TPSA) is 74.2 Å². The third-order valence-corrected chi connectivity index (χ3v) is 3.10. The smallest absolute Gasteiger partial charge is 0.344 e. The molecule has 0 radical (unpaired) electrons. The number of hydrogen-bond donors (Lipinski definition) is 1. The van der Waals surface area contributed by atoms with Gasteiger partial charge in [0.15, 0.2) is 5.58 Å². The van der Waals surface area contributed by atoms with Gasteiger partial charge in [0.1, 0.15) is 17.6 Å². The van der Waals surface area contributed by atoms with Crippen molar-refractivity contribution in [1.29, 1.82) is 5.26 Å². The lowest BCUT2D eigenvalue weighted by atomic mass is 10.0. The predicted octanol–water partition coefficient (Wildman–Crippen LogP) is 3.18. The van der Waals surface area contributed by atoms with Crippen LogP contribution in [0.4, 0.5) is 4.39 Å². The van der Waals surface area contributed by atoms with Crippen LogP contribution in [-0.2, 0) is 0 Å². The van der Waals surface area contributed by atoms with E-state index in [0.717, 1.165) is 6.07 Å². The Morgan fingerprint density at radius 1 is 1.14 bits per heavy atom. The first-order valence-corrected chi connectivity index (χ1v) is 6.05. The van der Waals surface area contributed by atoms with Gasteiger partial charge in [0.2, 0.25) is 0 Å². The number of phenolic OH excluding ortho intramolecular Hbond substituents is 1. The Kier molecular flexibility index (Phi) is 2.92. The van der Waals surface area contributed by atoms with E-state index in [9.17, 15) is 14.3 Å². The quantitative estimate of drug-likeness (QED) is 0.695. The monoisotopic (exact) mass is 281 g/mol. The van der Waals surface area contributed by atoms with Crippen LogP contribution in [-0.4, -0.2) is 5.11 Å². The maximum Gasteiger partial charge on any atom is 0.344 e. The summed E-state index contributed by atoms with van der Waals surface area (Å²) in [5.74, 6) is -0.508. The highest BCUT2D eigenvalue weighted by atomic mass is 19.1. The zero-order valence-electron chi connectivity index (χ0n) is 10.6. The molecule has 0 bridgehead atoms. The Morgan fingerprint density at radius 3 is 2.52 bits per heavy atom. The van der Waals surface area contributed by atoms with E-state index < -0.39 is 11.4 Å². The van der Waals surface area contributed by atoms with E-state index in [4.69, 9.17) is 9.68 Å². The fraction of sp³-hybridized carbons (Fsp3) is 0. The maximum atomic E-state index is 13.5. The lowest BCUT2D eigenvalue weighted by Crippen LogP contribution is -2.03. The molecule has 1 aromatic heterocycles. The van der Waals surface area contributed by atoms with Gasteiger partial charge in [0.25, 0.3) is 0 Å². The lowest BCUT2D eigenvalue weighted by molar-refractivity contribution is 0.475. The zero-order chi connectivity index (χ0) is 15.0. The van der Waals surface area contributed by atoms with Gasteiger partial charge in [-0.3, -0.25) is 0 Å². The van der Waals surface area contributed by atoms with Crippen molar-refractivity contribution in [3.63, 3.8) is 0 Å². The maximum absolute atomic E-state index is 13.5. The normalized spacial score (nSPS) is 10.5. The molecule has 1 heterocycles. The summed E-state index contributed by atoms with van der Waals surface area (Å²) in [6, 6.07) is 11.5. The third-order valence-electron chi connectivity index (χ3n) is 3.10. The Balaban J connectivity index is 2.31. The minimum absolute atomic E-state index is 0.0284. The molecular weight excluding hydrogens is 273 g/mol. The van der Waals surface area contributed by atoms with Crippen molar-refractivity contribution in [3.8, 4) is 22.9 Å². The first-order valence-electron chi connectivity index (χ1n) is 6.05. The summed E-state index contributed by atoms with van der Waals surface area (Å²) in [7, 11) is 0. The molecule has 0 amide bonds. The molecular formula is C16H8FNO3. The van der Waals surface area contributed by atoms with Crippen molar-refractivity contribution >= 4 is 11.0 Å². The molecule has 0 fully saturated rings. The molecule has 2 aromatic carbocycles. The first-order chi connectivity index (χ1) is 10.1. The zero-order valence-corrected chi connectivity index (χ0v) is 10.6. The van der Waals surface area contributed by atoms with Crippen molar-refractivity contribution in [2.75, 3.05) is 0 Å². The highest BCUT2D eigenvalue weighted by Gasteiger charge is 2.12. The van der Waals surface area contributed by atoms with Crippen LogP contribution >= 0.6 is 0 Å². The van der Waals surface area contributed by atoms with Crippen LogP contribution in [0.2, 0.25) is 0 Å². The van der Waals surface area contributed by atoms with Gasteiger partial charge in [-0.25, -0.2) is 9.18 Å². The van der Waals surface area contributed by atoms with Crippen molar-refractivity contribution in [3.05, 3.63) is 64.3 Å². The number of hydrogen-bond acceptors (Lipinski definition) is 4. The standard InChI is InChI=1S/C16H8FNO3/c17-12-5-10-7-14(9-1-3-13(19)4-2-9)16(20)21-15(10)11(6-12)8-18/h1-7,19H. The minimum atomic E-state index is -0.628. The van der Waals surface area contributed by atoms with Gasteiger partial charge in [0.05, 0.1) is 11.1 Å². The second kappa shape index (κ2) is 4.76. The Labute approximate surface area is 118 Å². The van der Waals surface area contributed by atoms with Crippen molar-refractivity contribution in [1.82, 2.24) is 0 Å². The van der Waals surface area contributed by atoms with Crippen LogP contribution in [0.25, 0.3) is 22.1 Å². The SMILES string of the molecule is N#Cc1cc(F)cc2cc(-c3ccc(O)cc3)c(=O)oc12. The van der Waals surface area contributed by atoms with Gasteiger partial charge in [-0.2, -0.15) is 5.26 Å². The molecule has 0 aliphatic heterocycles. The lowest BCUT2D eigenvalue weighted by Gasteiger charge is -2.04. The fourth-order valence-electron chi connectivity index (χ4n) is 2.12. The molecule has 0 aliphatic carbocycles. The van der Waals surface area contributed by atoms with E-state index in [2.05, 4.69) is 0 Å². The third kappa shape index (κ3) is 2.23. The minimum Gasteiger partial charge on any atom is -0.508 e. The van der Waals surface area contributed by atoms with Crippen molar-refractivity contribution in [2.24, 2.45) is 0 Å². The molecule has 0 spiro atoms. The Bertz CT molecular complexity index is 937. The van der Waals surface area contributed by atoms with Crippen LogP contribution in [0.3, 0.4) is 0 Å². The molecule has 5 heteroatoms.